The van der Waals surface area contributed by atoms with Gasteiger partial charge in [0.1, 0.15) is 0 Å². The summed E-state index contributed by atoms with van der Waals surface area (Å²) in [5.74, 6) is 0.125. The van der Waals surface area contributed by atoms with Gasteiger partial charge >= 0.3 is 0 Å². The molecule has 1 aromatic rings. The van der Waals surface area contributed by atoms with Crippen molar-refractivity contribution in [1.29, 1.82) is 0 Å². The minimum Gasteiger partial charge on any atom is -0.382 e. The van der Waals surface area contributed by atoms with Crippen LogP contribution in [0.1, 0.15) is 25.7 Å². The maximum atomic E-state index is 11.8. The summed E-state index contributed by atoms with van der Waals surface area (Å²) in [6.07, 6.45) is 8.55. The first-order valence-corrected chi connectivity index (χ1v) is 7.47. The molecule has 20 heavy (non-hydrogen) atoms. The second-order valence-corrected chi connectivity index (χ2v) is 5.21. The van der Waals surface area contributed by atoms with Gasteiger partial charge in [-0.05, 0) is 38.1 Å². The van der Waals surface area contributed by atoms with Gasteiger partial charge < -0.3 is 10.6 Å². The smallest absolute Gasteiger partial charge is 0.234 e. The van der Waals surface area contributed by atoms with E-state index in [0.29, 0.717) is 13.1 Å². The highest BCUT2D eigenvalue weighted by Gasteiger charge is 2.12. The van der Waals surface area contributed by atoms with Crippen LogP contribution in [0.15, 0.2) is 24.5 Å². The van der Waals surface area contributed by atoms with Crippen molar-refractivity contribution in [2.24, 2.45) is 0 Å². The lowest BCUT2D eigenvalue weighted by Gasteiger charge is -2.19. The summed E-state index contributed by atoms with van der Waals surface area (Å²) in [5, 5.41) is 6.18. The van der Waals surface area contributed by atoms with Crippen LogP contribution in [0.4, 0.5) is 5.69 Å². The third-order valence-corrected chi connectivity index (χ3v) is 3.50. The number of nitrogens with one attached hydrogen (secondary N) is 2. The number of nitrogens with zero attached hydrogens (tertiary/aromatic N) is 2. The number of aromatic nitrogens is 1. The molecule has 2 rings (SSSR count). The molecule has 0 aromatic carbocycles. The Hall–Kier alpha value is -1.62. The number of pyridine rings is 1. The summed E-state index contributed by atoms with van der Waals surface area (Å²) >= 11 is 0. The summed E-state index contributed by atoms with van der Waals surface area (Å²) in [6.45, 7) is 4.01. The Morgan fingerprint density at radius 2 is 2.00 bits per heavy atom. The van der Waals surface area contributed by atoms with Crippen molar-refractivity contribution in [1.82, 2.24) is 15.2 Å². The van der Waals surface area contributed by atoms with Crippen molar-refractivity contribution in [3.63, 3.8) is 0 Å². The summed E-state index contributed by atoms with van der Waals surface area (Å²) in [7, 11) is 0. The lowest BCUT2D eigenvalue weighted by atomic mass is 10.2. The summed E-state index contributed by atoms with van der Waals surface area (Å²) in [6, 6.07) is 3.85. The highest BCUT2D eigenvalue weighted by Crippen LogP contribution is 2.08. The van der Waals surface area contributed by atoms with Crippen LogP contribution in [0.3, 0.4) is 0 Å². The minimum atomic E-state index is 0.125. The summed E-state index contributed by atoms with van der Waals surface area (Å²) in [5.41, 5.74) is 0.981. The third-order valence-electron chi connectivity index (χ3n) is 3.50. The fraction of sp³-hybridized carbons (Fsp3) is 0.600. The van der Waals surface area contributed by atoms with E-state index in [-0.39, 0.29) is 5.91 Å². The van der Waals surface area contributed by atoms with Crippen molar-refractivity contribution < 1.29 is 4.79 Å². The molecule has 2 N–H and O–H groups in total. The Bertz CT molecular complexity index is 388. The first-order valence-electron chi connectivity index (χ1n) is 7.47. The van der Waals surface area contributed by atoms with Crippen LogP contribution < -0.4 is 10.6 Å². The van der Waals surface area contributed by atoms with Gasteiger partial charge in [-0.15, -0.1) is 0 Å². The zero-order valence-electron chi connectivity index (χ0n) is 12.0. The molecular formula is C15H24N4O. The van der Waals surface area contributed by atoms with Gasteiger partial charge in [-0.2, -0.15) is 0 Å². The molecule has 1 aromatic heterocycles. The van der Waals surface area contributed by atoms with Gasteiger partial charge in [0.05, 0.1) is 12.2 Å². The molecule has 0 atom stereocenters. The molecule has 1 aliphatic rings. The van der Waals surface area contributed by atoms with Crippen LogP contribution in [0, 0.1) is 0 Å². The molecule has 2 heterocycles. The van der Waals surface area contributed by atoms with Crippen LogP contribution in [-0.2, 0) is 4.79 Å². The lowest BCUT2D eigenvalue weighted by molar-refractivity contribution is -0.122. The second-order valence-electron chi connectivity index (χ2n) is 5.21. The number of anilines is 1. The average Bonchev–Trinajstić information content (AvgIpc) is 2.73. The quantitative estimate of drug-likeness (QED) is 0.773. The highest BCUT2D eigenvalue weighted by atomic mass is 16.2. The van der Waals surface area contributed by atoms with Gasteiger partial charge in [-0.3, -0.25) is 14.7 Å². The predicted octanol–water partition coefficient (Wildman–Crippen LogP) is 1.49. The molecule has 1 fully saturated rings. The maximum Gasteiger partial charge on any atom is 0.234 e. The number of carbonyl (C=O) groups is 1. The number of hydrogen-bond acceptors (Lipinski definition) is 4. The Labute approximate surface area is 120 Å². The van der Waals surface area contributed by atoms with E-state index in [1.807, 2.05) is 12.1 Å². The van der Waals surface area contributed by atoms with Crippen molar-refractivity contribution in [2.45, 2.75) is 25.7 Å². The molecule has 0 spiro atoms. The van der Waals surface area contributed by atoms with Crippen LogP contribution in [-0.4, -0.2) is 48.5 Å². The van der Waals surface area contributed by atoms with Gasteiger partial charge in [0.25, 0.3) is 0 Å². The molecule has 0 radical (unpaired) electrons. The van der Waals surface area contributed by atoms with Gasteiger partial charge in [0.2, 0.25) is 5.91 Å². The van der Waals surface area contributed by atoms with Gasteiger partial charge in [-0.1, -0.05) is 12.8 Å². The van der Waals surface area contributed by atoms with Gasteiger partial charge in [0.15, 0.2) is 0 Å². The summed E-state index contributed by atoms with van der Waals surface area (Å²) in [4.78, 5) is 18.1. The van der Waals surface area contributed by atoms with Crippen LogP contribution >= 0.6 is 0 Å². The molecule has 5 heteroatoms. The fourth-order valence-corrected chi connectivity index (χ4v) is 2.43. The molecule has 0 saturated carbocycles. The Balaban J connectivity index is 1.58. The monoisotopic (exact) mass is 276 g/mol. The number of amides is 1. The summed E-state index contributed by atoms with van der Waals surface area (Å²) < 4.78 is 0. The lowest BCUT2D eigenvalue weighted by Crippen LogP contribution is -2.39. The van der Waals surface area contributed by atoms with Crippen molar-refractivity contribution in [3.8, 4) is 0 Å². The Kier molecular flexibility index (Phi) is 6.31. The zero-order valence-corrected chi connectivity index (χ0v) is 12.0. The van der Waals surface area contributed by atoms with E-state index in [0.717, 1.165) is 25.3 Å². The topological polar surface area (TPSA) is 57.3 Å². The SMILES string of the molecule is O=C(CN1CCCCCC1)NCCNc1cccnc1. The maximum absolute atomic E-state index is 11.8. The first kappa shape index (κ1) is 14.8. The molecule has 5 nitrogen and oxygen atoms in total. The second kappa shape index (κ2) is 8.53. The third kappa shape index (κ3) is 5.57. The number of rotatable bonds is 6. The van der Waals surface area contributed by atoms with Gasteiger partial charge in [-0.25, -0.2) is 0 Å². The molecule has 0 unspecified atom stereocenters. The van der Waals surface area contributed by atoms with E-state index in [4.69, 9.17) is 0 Å². The van der Waals surface area contributed by atoms with E-state index in [1.165, 1.54) is 25.7 Å². The zero-order chi connectivity index (χ0) is 14.0. The highest BCUT2D eigenvalue weighted by molar-refractivity contribution is 5.78. The Morgan fingerprint density at radius 3 is 2.70 bits per heavy atom. The van der Waals surface area contributed by atoms with Crippen molar-refractivity contribution >= 4 is 11.6 Å². The van der Waals surface area contributed by atoms with Crippen LogP contribution in [0.2, 0.25) is 0 Å². The Morgan fingerprint density at radius 1 is 1.20 bits per heavy atom. The largest absolute Gasteiger partial charge is 0.382 e. The minimum absolute atomic E-state index is 0.125. The number of hydrogen-bond donors (Lipinski definition) is 2. The van der Waals surface area contributed by atoms with Crippen molar-refractivity contribution in [3.05, 3.63) is 24.5 Å². The van der Waals surface area contributed by atoms with Gasteiger partial charge in [0, 0.05) is 25.5 Å². The molecule has 110 valence electrons. The molecular weight excluding hydrogens is 252 g/mol. The average molecular weight is 276 g/mol. The van der Waals surface area contributed by atoms with E-state index >= 15 is 0 Å². The van der Waals surface area contributed by atoms with Crippen LogP contribution in [0.25, 0.3) is 0 Å². The van der Waals surface area contributed by atoms with E-state index in [2.05, 4.69) is 20.5 Å². The van der Waals surface area contributed by atoms with E-state index < -0.39 is 0 Å². The van der Waals surface area contributed by atoms with E-state index in [1.54, 1.807) is 12.4 Å². The molecule has 0 bridgehead atoms. The number of likely N-dealkylation sites (tertiary alicyclic amines) is 1. The first-order chi connectivity index (χ1) is 9.84. The van der Waals surface area contributed by atoms with Crippen molar-refractivity contribution in [2.75, 3.05) is 38.0 Å². The van der Waals surface area contributed by atoms with E-state index in [9.17, 15) is 4.79 Å². The molecule has 1 saturated heterocycles. The predicted molar refractivity (Wildman–Crippen MR) is 80.6 cm³/mol. The molecule has 1 amide bonds. The fourth-order valence-electron chi connectivity index (χ4n) is 2.43. The molecule has 0 aliphatic carbocycles. The number of carbonyl (C=O) groups excluding carboxylic acids is 1. The van der Waals surface area contributed by atoms with Crippen LogP contribution in [0.5, 0.6) is 0 Å². The normalized spacial score (nSPS) is 16.4. The molecule has 1 aliphatic heterocycles. The standard InChI is InChI=1S/C15H24N4O/c20-15(13-19-10-3-1-2-4-11-19)18-9-8-17-14-6-5-7-16-12-14/h5-7,12,17H,1-4,8-11,13H2,(H,18,20).